The van der Waals surface area contributed by atoms with Gasteiger partial charge < -0.3 is 25.1 Å². The molecular weight excluding hydrogens is 396 g/mol. The molecule has 9 nitrogen and oxygen atoms in total. The van der Waals surface area contributed by atoms with Gasteiger partial charge in [0.1, 0.15) is 0 Å². The molecule has 0 fully saturated rings. The fraction of sp³-hybridized carbons (Fsp3) is 0.474. The molecule has 0 spiro atoms. The van der Waals surface area contributed by atoms with Crippen molar-refractivity contribution in [3.05, 3.63) is 27.3 Å². The number of ether oxygens (including phenoxy) is 2. The van der Waals surface area contributed by atoms with Crippen molar-refractivity contribution in [1.82, 2.24) is 20.2 Å². The van der Waals surface area contributed by atoms with Crippen molar-refractivity contribution in [3.8, 4) is 11.5 Å². The molecule has 0 saturated heterocycles. The Hall–Kier alpha value is -2.88. The van der Waals surface area contributed by atoms with Gasteiger partial charge in [0.25, 0.3) is 5.56 Å². The number of benzene rings is 1. The summed E-state index contributed by atoms with van der Waals surface area (Å²) in [6, 6.07) is 3.40. The molecule has 29 heavy (non-hydrogen) atoms. The first-order valence-electron chi connectivity index (χ1n) is 9.53. The average molecular weight is 420 g/mol. The van der Waals surface area contributed by atoms with Gasteiger partial charge in [-0.15, -0.1) is 0 Å². The van der Waals surface area contributed by atoms with Gasteiger partial charge in [-0.3, -0.25) is 19.0 Å². The van der Waals surface area contributed by atoms with E-state index in [9.17, 15) is 14.4 Å². The van der Waals surface area contributed by atoms with Crippen LogP contribution in [0, 0.1) is 4.77 Å². The van der Waals surface area contributed by atoms with Crippen LogP contribution in [0.25, 0.3) is 10.9 Å². The molecule has 3 rings (SSSR count). The molecule has 1 aromatic heterocycles. The third kappa shape index (κ3) is 5.35. The summed E-state index contributed by atoms with van der Waals surface area (Å²) in [6.45, 7) is 2.89. The molecule has 1 aromatic carbocycles. The van der Waals surface area contributed by atoms with E-state index in [1.807, 2.05) is 0 Å². The first-order chi connectivity index (χ1) is 14.0. The zero-order chi connectivity index (χ0) is 20.8. The van der Waals surface area contributed by atoms with Crippen LogP contribution < -0.4 is 25.7 Å². The second-order valence-corrected chi connectivity index (χ2v) is 7.17. The predicted octanol–water partition coefficient (Wildman–Crippen LogP) is 1.60. The van der Waals surface area contributed by atoms with E-state index < -0.39 is 0 Å². The number of carbonyl (C=O) groups excluding carboxylic acids is 2. The van der Waals surface area contributed by atoms with E-state index in [-0.39, 0.29) is 24.2 Å². The molecule has 0 radical (unpaired) electrons. The molecule has 2 heterocycles. The van der Waals surface area contributed by atoms with E-state index in [1.165, 1.54) is 11.5 Å². The Balaban J connectivity index is 1.49. The molecule has 156 valence electrons. The Morgan fingerprint density at radius 1 is 1.14 bits per heavy atom. The molecular formula is C19H24N4O5S. The van der Waals surface area contributed by atoms with Gasteiger partial charge in [-0.1, -0.05) is 6.42 Å². The van der Waals surface area contributed by atoms with E-state index in [4.69, 9.17) is 21.7 Å². The summed E-state index contributed by atoms with van der Waals surface area (Å²) in [6.07, 6.45) is 2.64. The standard InChI is InChI=1S/C19H24N4O5S/c1-12(24)20-6-7-21-17(25)5-3-2-4-8-23-18(26)13-9-15-16(28-11-27-15)10-14(13)22-19(23)29/h9-10H,2-8,11H2,1H3,(H,20,24)(H,21,25)(H,22,29). The Morgan fingerprint density at radius 3 is 2.62 bits per heavy atom. The number of unbranched alkanes of at least 4 members (excludes halogenated alkanes) is 2. The second kappa shape index (κ2) is 9.55. The summed E-state index contributed by atoms with van der Waals surface area (Å²) in [7, 11) is 0. The number of H-pyrrole nitrogens is 1. The molecule has 10 heteroatoms. The number of hydrogen-bond donors (Lipinski definition) is 3. The maximum absolute atomic E-state index is 12.8. The molecule has 0 atom stereocenters. The number of amides is 2. The zero-order valence-corrected chi connectivity index (χ0v) is 17.0. The zero-order valence-electron chi connectivity index (χ0n) is 16.2. The summed E-state index contributed by atoms with van der Waals surface area (Å²) < 4.78 is 12.6. The van der Waals surface area contributed by atoms with Crippen LogP contribution in [0.15, 0.2) is 16.9 Å². The van der Waals surface area contributed by atoms with E-state index in [0.29, 0.717) is 59.6 Å². The van der Waals surface area contributed by atoms with Crippen LogP contribution in [0.2, 0.25) is 0 Å². The van der Waals surface area contributed by atoms with Crippen LogP contribution in [0.5, 0.6) is 11.5 Å². The lowest BCUT2D eigenvalue weighted by Gasteiger charge is -2.09. The highest BCUT2D eigenvalue weighted by Gasteiger charge is 2.17. The van der Waals surface area contributed by atoms with Crippen molar-refractivity contribution >= 4 is 34.9 Å². The molecule has 2 amide bonds. The van der Waals surface area contributed by atoms with Gasteiger partial charge in [-0.25, -0.2) is 0 Å². The van der Waals surface area contributed by atoms with Crippen LogP contribution in [0.4, 0.5) is 0 Å². The maximum atomic E-state index is 12.8. The van der Waals surface area contributed by atoms with Crippen molar-refractivity contribution in [2.45, 2.75) is 39.2 Å². The van der Waals surface area contributed by atoms with Crippen molar-refractivity contribution < 1.29 is 19.1 Å². The predicted molar refractivity (Wildman–Crippen MR) is 110 cm³/mol. The minimum absolute atomic E-state index is 0.0495. The lowest BCUT2D eigenvalue weighted by atomic mass is 10.2. The molecule has 0 unspecified atom stereocenters. The normalized spacial score (nSPS) is 12.2. The number of aromatic amines is 1. The van der Waals surface area contributed by atoms with Crippen LogP contribution >= 0.6 is 12.2 Å². The van der Waals surface area contributed by atoms with Crippen molar-refractivity contribution in [2.24, 2.45) is 0 Å². The quantitative estimate of drug-likeness (QED) is 0.419. The van der Waals surface area contributed by atoms with E-state index in [2.05, 4.69) is 15.6 Å². The molecule has 1 aliphatic rings. The molecule has 0 saturated carbocycles. The average Bonchev–Trinajstić information content (AvgIpc) is 3.13. The number of carbonyl (C=O) groups is 2. The maximum Gasteiger partial charge on any atom is 0.262 e. The van der Waals surface area contributed by atoms with E-state index >= 15 is 0 Å². The van der Waals surface area contributed by atoms with Gasteiger partial charge in [0.2, 0.25) is 18.6 Å². The minimum atomic E-state index is -0.169. The monoisotopic (exact) mass is 420 g/mol. The second-order valence-electron chi connectivity index (χ2n) is 6.78. The molecule has 3 N–H and O–H groups in total. The highest BCUT2D eigenvalue weighted by Crippen LogP contribution is 2.34. The number of fused-ring (bicyclic) bond motifs is 2. The Bertz CT molecular complexity index is 1030. The van der Waals surface area contributed by atoms with Gasteiger partial charge in [-0.2, -0.15) is 0 Å². The Labute approximate surface area is 172 Å². The van der Waals surface area contributed by atoms with Crippen molar-refractivity contribution in [2.75, 3.05) is 19.9 Å². The van der Waals surface area contributed by atoms with Gasteiger partial charge >= 0.3 is 0 Å². The summed E-state index contributed by atoms with van der Waals surface area (Å²) in [4.78, 5) is 38.4. The smallest absolute Gasteiger partial charge is 0.262 e. The molecule has 2 aromatic rings. The van der Waals surface area contributed by atoms with Crippen molar-refractivity contribution in [1.29, 1.82) is 0 Å². The van der Waals surface area contributed by atoms with E-state index in [0.717, 1.165) is 12.8 Å². The topological polar surface area (TPSA) is 114 Å². The summed E-state index contributed by atoms with van der Waals surface area (Å²) in [5, 5.41) is 5.87. The lowest BCUT2D eigenvalue weighted by molar-refractivity contribution is -0.122. The summed E-state index contributed by atoms with van der Waals surface area (Å²) in [5.41, 5.74) is 0.453. The largest absolute Gasteiger partial charge is 0.454 e. The SMILES string of the molecule is CC(=O)NCCNC(=O)CCCCCn1c(=S)[nH]c2cc3c(cc2c1=O)OCO3. The highest BCUT2D eigenvalue weighted by atomic mass is 32.1. The Kier molecular flexibility index (Phi) is 6.86. The minimum Gasteiger partial charge on any atom is -0.454 e. The molecule has 1 aliphatic heterocycles. The van der Waals surface area contributed by atoms with Gasteiger partial charge in [0.05, 0.1) is 10.9 Å². The van der Waals surface area contributed by atoms with Crippen LogP contribution in [0.1, 0.15) is 32.6 Å². The van der Waals surface area contributed by atoms with Crippen LogP contribution in [-0.2, 0) is 16.1 Å². The fourth-order valence-electron chi connectivity index (χ4n) is 3.11. The first kappa shape index (κ1) is 20.8. The van der Waals surface area contributed by atoms with Crippen LogP contribution in [0.3, 0.4) is 0 Å². The molecule has 0 aliphatic carbocycles. The van der Waals surface area contributed by atoms with E-state index in [1.54, 1.807) is 12.1 Å². The number of rotatable bonds is 9. The number of nitrogens with one attached hydrogen (secondary N) is 3. The highest BCUT2D eigenvalue weighted by molar-refractivity contribution is 7.71. The van der Waals surface area contributed by atoms with Gasteiger partial charge in [0, 0.05) is 39.0 Å². The first-order valence-corrected chi connectivity index (χ1v) is 9.94. The van der Waals surface area contributed by atoms with Crippen LogP contribution in [-0.4, -0.2) is 41.2 Å². The number of aromatic nitrogens is 2. The summed E-state index contributed by atoms with van der Waals surface area (Å²) in [5.74, 6) is 0.977. The number of nitrogens with zero attached hydrogens (tertiary/aromatic N) is 1. The van der Waals surface area contributed by atoms with Gasteiger partial charge in [0.15, 0.2) is 16.3 Å². The fourth-order valence-corrected chi connectivity index (χ4v) is 3.39. The summed E-state index contributed by atoms with van der Waals surface area (Å²) >= 11 is 5.33. The third-order valence-corrected chi connectivity index (χ3v) is 4.90. The van der Waals surface area contributed by atoms with Gasteiger partial charge in [-0.05, 0) is 31.1 Å². The lowest BCUT2D eigenvalue weighted by Crippen LogP contribution is -2.33. The molecule has 0 bridgehead atoms. The third-order valence-electron chi connectivity index (χ3n) is 4.58. The Morgan fingerprint density at radius 2 is 1.86 bits per heavy atom. The van der Waals surface area contributed by atoms with Crippen molar-refractivity contribution in [3.63, 3.8) is 0 Å². The number of hydrogen-bond acceptors (Lipinski definition) is 6.